The molecule has 0 aliphatic carbocycles. The van der Waals surface area contributed by atoms with Crippen molar-refractivity contribution in [1.82, 2.24) is 14.5 Å². The highest BCUT2D eigenvalue weighted by atomic mass is 35.5. The number of aromatic nitrogens is 3. The van der Waals surface area contributed by atoms with E-state index in [0.29, 0.717) is 23.1 Å². The number of nitriles is 1. The Hall–Kier alpha value is -2.89. The zero-order chi connectivity index (χ0) is 14.8. The van der Waals surface area contributed by atoms with E-state index >= 15 is 0 Å². The van der Waals surface area contributed by atoms with E-state index in [0.717, 1.165) is 16.7 Å². The summed E-state index contributed by atoms with van der Waals surface area (Å²) in [5, 5.41) is 9.12. The highest BCUT2D eigenvalue weighted by Crippen LogP contribution is 2.25. The Labute approximate surface area is 125 Å². The van der Waals surface area contributed by atoms with E-state index in [1.807, 2.05) is 6.07 Å². The van der Waals surface area contributed by atoms with Crippen molar-refractivity contribution in [2.75, 3.05) is 0 Å². The standard InChI is InChI=1S/C15H8ClN5/c1-18-11-4-5-13-14(6-11)21(15(16)20-13)9-12-3-2-10(7-17)8-19-12/h2-6,8H,9H2. The van der Waals surface area contributed by atoms with Gasteiger partial charge in [-0.15, -0.1) is 0 Å². The van der Waals surface area contributed by atoms with Gasteiger partial charge in [-0.05, 0) is 35.9 Å². The molecule has 100 valence electrons. The molecule has 0 aliphatic heterocycles. The minimum Gasteiger partial charge on any atom is -0.310 e. The smallest absolute Gasteiger partial charge is 0.204 e. The summed E-state index contributed by atoms with van der Waals surface area (Å²) in [6, 6.07) is 10.8. The van der Waals surface area contributed by atoms with Crippen LogP contribution in [0.1, 0.15) is 11.3 Å². The minimum atomic E-state index is 0.346. The highest BCUT2D eigenvalue weighted by molar-refractivity contribution is 6.29. The lowest BCUT2D eigenvalue weighted by molar-refractivity contribution is 0.798. The van der Waals surface area contributed by atoms with Gasteiger partial charge in [0.1, 0.15) is 6.07 Å². The summed E-state index contributed by atoms with van der Waals surface area (Å²) in [4.78, 5) is 11.9. The second kappa shape index (κ2) is 5.24. The summed E-state index contributed by atoms with van der Waals surface area (Å²) in [5.74, 6) is 0. The summed E-state index contributed by atoms with van der Waals surface area (Å²) in [6.07, 6.45) is 1.52. The molecule has 0 saturated carbocycles. The monoisotopic (exact) mass is 293 g/mol. The molecular formula is C15H8ClN5. The summed E-state index contributed by atoms with van der Waals surface area (Å²) in [7, 11) is 0. The van der Waals surface area contributed by atoms with Crippen LogP contribution >= 0.6 is 11.6 Å². The molecule has 2 aromatic heterocycles. The topological polar surface area (TPSA) is 58.9 Å². The predicted molar refractivity (Wildman–Crippen MR) is 79.1 cm³/mol. The van der Waals surface area contributed by atoms with Crippen LogP contribution in [0.2, 0.25) is 5.28 Å². The van der Waals surface area contributed by atoms with Gasteiger partial charge >= 0.3 is 0 Å². The quantitative estimate of drug-likeness (QED) is 0.679. The third-order valence-electron chi connectivity index (χ3n) is 3.09. The molecule has 3 aromatic rings. The molecule has 0 unspecified atom stereocenters. The molecular weight excluding hydrogens is 286 g/mol. The first-order valence-electron chi connectivity index (χ1n) is 6.09. The molecule has 1 aromatic carbocycles. The predicted octanol–water partition coefficient (Wildman–Crippen LogP) is 3.56. The van der Waals surface area contributed by atoms with Gasteiger partial charge in [0.2, 0.25) is 5.28 Å². The molecule has 3 rings (SSSR count). The lowest BCUT2D eigenvalue weighted by atomic mass is 10.2. The first-order valence-corrected chi connectivity index (χ1v) is 6.47. The first kappa shape index (κ1) is 13.1. The van der Waals surface area contributed by atoms with Crippen LogP contribution in [-0.4, -0.2) is 14.5 Å². The number of pyridine rings is 1. The Bertz CT molecular complexity index is 897. The van der Waals surface area contributed by atoms with Crippen LogP contribution in [0.4, 0.5) is 5.69 Å². The van der Waals surface area contributed by atoms with Gasteiger partial charge in [-0.3, -0.25) is 4.98 Å². The van der Waals surface area contributed by atoms with Gasteiger partial charge in [0.25, 0.3) is 0 Å². The van der Waals surface area contributed by atoms with Gasteiger partial charge in [-0.2, -0.15) is 5.26 Å². The number of benzene rings is 1. The average molecular weight is 294 g/mol. The molecule has 2 heterocycles. The van der Waals surface area contributed by atoms with Gasteiger partial charge in [0.15, 0.2) is 5.69 Å². The van der Waals surface area contributed by atoms with Crippen LogP contribution in [0, 0.1) is 17.9 Å². The van der Waals surface area contributed by atoms with Crippen molar-refractivity contribution in [3.63, 3.8) is 0 Å². The molecule has 0 bridgehead atoms. The minimum absolute atomic E-state index is 0.346. The molecule has 0 radical (unpaired) electrons. The summed E-state index contributed by atoms with van der Waals surface area (Å²) < 4.78 is 1.79. The van der Waals surface area contributed by atoms with Gasteiger partial charge < -0.3 is 4.57 Å². The van der Waals surface area contributed by atoms with Crippen LogP contribution in [0.3, 0.4) is 0 Å². The second-order valence-electron chi connectivity index (χ2n) is 4.40. The van der Waals surface area contributed by atoms with E-state index in [1.54, 1.807) is 34.9 Å². The maximum atomic E-state index is 8.77. The van der Waals surface area contributed by atoms with Crippen LogP contribution in [0.15, 0.2) is 36.5 Å². The zero-order valence-corrected chi connectivity index (χ0v) is 11.5. The fourth-order valence-corrected chi connectivity index (χ4v) is 2.29. The first-order chi connectivity index (χ1) is 10.2. The fraction of sp³-hybridized carbons (Fsp3) is 0.0667. The second-order valence-corrected chi connectivity index (χ2v) is 4.74. The molecule has 21 heavy (non-hydrogen) atoms. The average Bonchev–Trinajstić information content (AvgIpc) is 2.83. The Morgan fingerprint density at radius 1 is 1.33 bits per heavy atom. The van der Waals surface area contributed by atoms with E-state index < -0.39 is 0 Å². The van der Waals surface area contributed by atoms with Crippen molar-refractivity contribution >= 4 is 28.3 Å². The number of rotatable bonds is 2. The van der Waals surface area contributed by atoms with Crippen molar-refractivity contribution < 1.29 is 0 Å². The van der Waals surface area contributed by atoms with Crippen molar-refractivity contribution in [2.24, 2.45) is 0 Å². The third kappa shape index (κ3) is 2.43. The molecule has 0 atom stereocenters. The van der Waals surface area contributed by atoms with Crippen molar-refractivity contribution in [1.29, 1.82) is 5.26 Å². The van der Waals surface area contributed by atoms with E-state index in [4.69, 9.17) is 23.4 Å². The molecule has 0 spiro atoms. The Morgan fingerprint density at radius 3 is 2.86 bits per heavy atom. The molecule has 0 saturated heterocycles. The Kier molecular flexibility index (Phi) is 3.27. The van der Waals surface area contributed by atoms with Crippen molar-refractivity contribution in [3.8, 4) is 6.07 Å². The van der Waals surface area contributed by atoms with E-state index in [-0.39, 0.29) is 0 Å². The number of nitrogens with zero attached hydrogens (tertiary/aromatic N) is 5. The summed E-state index contributed by atoms with van der Waals surface area (Å²) in [5.41, 5.74) is 3.34. The molecule has 0 N–H and O–H groups in total. The van der Waals surface area contributed by atoms with Crippen molar-refractivity contribution in [2.45, 2.75) is 6.54 Å². The molecule has 6 heteroatoms. The fourth-order valence-electron chi connectivity index (χ4n) is 2.05. The number of fused-ring (bicyclic) bond motifs is 1. The van der Waals surface area contributed by atoms with Crippen molar-refractivity contribution in [3.05, 3.63) is 64.5 Å². The normalized spacial score (nSPS) is 10.2. The Balaban J connectivity index is 2.05. The number of hydrogen-bond donors (Lipinski definition) is 0. The maximum Gasteiger partial charge on any atom is 0.204 e. The van der Waals surface area contributed by atoms with Crippen LogP contribution < -0.4 is 0 Å². The summed E-state index contributed by atoms with van der Waals surface area (Å²) in [6.45, 7) is 7.51. The van der Waals surface area contributed by atoms with Crippen LogP contribution in [0.25, 0.3) is 15.9 Å². The van der Waals surface area contributed by atoms with Gasteiger partial charge in [-0.25, -0.2) is 9.83 Å². The lowest BCUT2D eigenvalue weighted by Crippen LogP contribution is -2.01. The van der Waals surface area contributed by atoms with Gasteiger partial charge in [0, 0.05) is 6.20 Å². The third-order valence-corrected chi connectivity index (χ3v) is 3.38. The highest BCUT2D eigenvalue weighted by Gasteiger charge is 2.10. The zero-order valence-electron chi connectivity index (χ0n) is 10.8. The molecule has 0 aliphatic rings. The Morgan fingerprint density at radius 2 is 2.19 bits per heavy atom. The van der Waals surface area contributed by atoms with E-state index in [9.17, 15) is 0 Å². The summed E-state index contributed by atoms with van der Waals surface area (Å²) >= 11 is 6.17. The number of halogens is 1. The van der Waals surface area contributed by atoms with Gasteiger partial charge in [0.05, 0.1) is 35.4 Å². The van der Waals surface area contributed by atoms with E-state index in [1.165, 1.54) is 6.20 Å². The maximum absolute atomic E-state index is 8.77. The lowest BCUT2D eigenvalue weighted by Gasteiger charge is -2.05. The van der Waals surface area contributed by atoms with Crippen LogP contribution in [-0.2, 0) is 6.54 Å². The SMILES string of the molecule is [C-]#[N+]c1ccc2nc(Cl)n(Cc3ccc(C#N)cn3)c2c1. The molecule has 0 amide bonds. The molecule has 5 nitrogen and oxygen atoms in total. The van der Waals surface area contributed by atoms with Crippen LogP contribution in [0.5, 0.6) is 0 Å². The molecule has 0 fully saturated rings. The number of imidazole rings is 1. The van der Waals surface area contributed by atoms with Gasteiger partial charge in [-0.1, -0.05) is 6.07 Å². The number of hydrogen-bond acceptors (Lipinski definition) is 3. The van der Waals surface area contributed by atoms with E-state index in [2.05, 4.69) is 14.8 Å². The largest absolute Gasteiger partial charge is 0.310 e.